The van der Waals surface area contributed by atoms with Crippen molar-refractivity contribution in [3.05, 3.63) is 48.6 Å². The molecule has 0 heterocycles. The van der Waals surface area contributed by atoms with Gasteiger partial charge in [0.1, 0.15) is 38.6 Å². The highest BCUT2D eigenvalue weighted by Crippen LogP contribution is 2.29. The lowest BCUT2D eigenvalue weighted by atomic mass is 9.89. The zero-order valence-electron chi connectivity index (χ0n) is 82.2. The fraction of sp³-hybridized carbons (Fsp3) is 0.870. The smallest absolute Gasteiger partial charge is 0.306 e. The summed E-state index contributed by atoms with van der Waals surface area (Å²) in [7, 11) is 8.12. The molecule has 714 valence electrons. The minimum absolute atomic E-state index is 0.0596. The van der Waals surface area contributed by atoms with Gasteiger partial charge in [-0.15, -0.1) is 0 Å². The van der Waals surface area contributed by atoms with Gasteiger partial charge in [0.2, 0.25) is 0 Å². The lowest BCUT2D eigenvalue weighted by Gasteiger charge is -2.18. The van der Waals surface area contributed by atoms with Crippen molar-refractivity contribution >= 4 is 35.8 Å². The maximum absolute atomic E-state index is 12.9. The van der Waals surface area contributed by atoms with Gasteiger partial charge in [-0.3, -0.25) is 28.8 Å². The molecule has 0 aromatic heterocycles. The first-order chi connectivity index (χ1) is 59.5. The highest BCUT2D eigenvalue weighted by molar-refractivity contribution is 5.71. The molecule has 0 radical (unpaired) electrons. The van der Waals surface area contributed by atoms with Gasteiger partial charge in [0, 0.05) is 38.5 Å². The molecule has 0 aromatic rings. The number of allylic oxidation sites excluding steroid dienone is 4. The number of unbranched alkanes of at least 4 members (excludes halogenated alkanes) is 34. The Morgan fingerprint density at radius 2 is 0.467 bits per heavy atom. The minimum Gasteiger partial charge on any atom is -0.462 e. The predicted molar refractivity (Wildman–Crippen MR) is 518 cm³/mol. The third kappa shape index (κ3) is 85.2. The Morgan fingerprint density at radius 3 is 0.770 bits per heavy atom. The van der Waals surface area contributed by atoms with E-state index in [2.05, 4.69) is 101 Å². The number of carbonyl (C=O) groups is 6. The standard InChI is InChI=1S/C108H200N2O12/c1-12-18-24-45-71-99(72-46-25-19-13-2)78-64-94-119-105(113)86-55-37-29-33-51-82-102(122-108(116)89-63-91-110(10)11)83-52-34-30-38-56-87-106(114)120-95-65-79-100(73-47-26-20-14-3)74-48-40-39-44-66-96(7)67-61-77-98(70-43-23-17-6)76-58-60-93-118-104(112)85-54-36-28-32-50-81-101(121-107(115)88-62-90-109(8)9)80-49-31-27-35-53-84-103(111)117-92-59-57-75-97(68-41-21-15-4)69-42-22-16-5/h57-60,64-65,78-79,96-102H,12-56,61-63,66-77,80-95H2,1-11H3. The average molecular weight is 1720 g/mol. The second-order valence-corrected chi connectivity index (χ2v) is 37.6. The molecule has 122 heavy (non-hydrogen) atoms. The first kappa shape index (κ1) is 118. The van der Waals surface area contributed by atoms with E-state index in [1.165, 1.54) is 231 Å². The quantitative estimate of drug-likeness (QED) is 0.0244. The Bertz CT molecular complexity index is 2440. The van der Waals surface area contributed by atoms with Crippen LogP contribution in [0.3, 0.4) is 0 Å². The molecule has 5 atom stereocenters. The van der Waals surface area contributed by atoms with E-state index in [-0.39, 0.29) is 48.0 Å². The first-order valence-electron chi connectivity index (χ1n) is 52.4. The number of hydrogen-bond acceptors (Lipinski definition) is 14. The molecule has 0 fully saturated rings. The van der Waals surface area contributed by atoms with Crippen molar-refractivity contribution in [3.63, 3.8) is 0 Å². The lowest BCUT2D eigenvalue weighted by molar-refractivity contribution is -0.151. The van der Waals surface area contributed by atoms with Crippen molar-refractivity contribution in [2.75, 3.05) is 67.7 Å². The van der Waals surface area contributed by atoms with E-state index in [1.54, 1.807) is 0 Å². The van der Waals surface area contributed by atoms with Crippen molar-refractivity contribution in [3.8, 4) is 0 Å². The minimum atomic E-state index is -0.110. The molecular formula is C108H200N2O12. The fourth-order valence-corrected chi connectivity index (χ4v) is 17.0. The predicted octanol–water partition coefficient (Wildman–Crippen LogP) is 30.9. The third-order valence-electron chi connectivity index (χ3n) is 24.9. The van der Waals surface area contributed by atoms with Crippen LogP contribution in [0.5, 0.6) is 0 Å². The van der Waals surface area contributed by atoms with E-state index in [0.717, 1.165) is 205 Å². The summed E-state index contributed by atoms with van der Waals surface area (Å²) < 4.78 is 34.6. The third-order valence-corrected chi connectivity index (χ3v) is 24.9. The van der Waals surface area contributed by atoms with Crippen LogP contribution in [-0.4, -0.2) is 126 Å². The van der Waals surface area contributed by atoms with Gasteiger partial charge >= 0.3 is 35.8 Å². The zero-order valence-corrected chi connectivity index (χ0v) is 82.2. The number of nitrogens with zero attached hydrogens (tertiary/aromatic N) is 2. The molecule has 14 heteroatoms. The number of ether oxygens (including phenoxy) is 6. The molecule has 0 aromatic carbocycles. The van der Waals surface area contributed by atoms with Gasteiger partial charge < -0.3 is 38.2 Å². The number of hydrogen-bond donors (Lipinski definition) is 0. The summed E-state index contributed by atoms with van der Waals surface area (Å²) in [6.45, 7) is 19.3. The lowest BCUT2D eigenvalue weighted by Crippen LogP contribution is -2.20. The summed E-state index contributed by atoms with van der Waals surface area (Å²) in [5, 5.41) is 0. The molecule has 0 saturated heterocycles. The van der Waals surface area contributed by atoms with Gasteiger partial charge in [-0.05, 0) is 199 Å². The second-order valence-electron chi connectivity index (χ2n) is 37.6. The van der Waals surface area contributed by atoms with E-state index in [9.17, 15) is 28.8 Å². The van der Waals surface area contributed by atoms with Crippen molar-refractivity contribution < 1.29 is 57.2 Å². The van der Waals surface area contributed by atoms with Gasteiger partial charge in [-0.25, -0.2) is 0 Å². The van der Waals surface area contributed by atoms with E-state index in [0.29, 0.717) is 82.7 Å². The van der Waals surface area contributed by atoms with E-state index in [4.69, 9.17) is 28.4 Å². The molecule has 0 aliphatic carbocycles. The molecule has 0 N–H and O–H groups in total. The molecule has 0 spiro atoms. The summed E-state index contributed by atoms with van der Waals surface area (Å²) in [5.41, 5.74) is 0. The molecule has 5 unspecified atom stereocenters. The van der Waals surface area contributed by atoms with E-state index in [1.807, 2.05) is 34.3 Å². The highest BCUT2D eigenvalue weighted by atomic mass is 16.6. The van der Waals surface area contributed by atoms with Crippen LogP contribution in [0.15, 0.2) is 48.6 Å². The summed E-state index contributed by atoms with van der Waals surface area (Å²) in [5.74, 6) is 2.70. The van der Waals surface area contributed by atoms with Gasteiger partial charge in [-0.2, -0.15) is 0 Å². The Kier molecular flexibility index (Phi) is 88.2. The summed E-state index contributed by atoms with van der Waals surface area (Å²) in [4.78, 5) is 80.5. The number of rotatable bonds is 94. The SMILES string of the molecule is CCCCCCC(C=CCOC(=O)CCCCCCCC(CCCCCCCC(=O)OCC=CC(CCCCCC)CCCCCCC(C)CCCC(CC=CCOC(=O)CCCCCCCC(CCCCCCCC(=O)OCC=CCC(CCCCC)CCCCC)OC(=O)CCCN(C)C)CCCCC)OC(=O)CCCN(C)C)CCCCCC. The summed E-state index contributed by atoms with van der Waals surface area (Å²) in [6.07, 6.45) is 93.1. The fourth-order valence-electron chi connectivity index (χ4n) is 17.0. The molecule has 14 nitrogen and oxygen atoms in total. The topological polar surface area (TPSA) is 164 Å². The Morgan fingerprint density at radius 1 is 0.238 bits per heavy atom. The maximum Gasteiger partial charge on any atom is 0.306 e. The molecular weight excluding hydrogens is 1520 g/mol. The van der Waals surface area contributed by atoms with Crippen LogP contribution in [0.2, 0.25) is 0 Å². The highest BCUT2D eigenvalue weighted by Gasteiger charge is 2.19. The first-order valence-corrected chi connectivity index (χ1v) is 52.4. The normalized spacial score (nSPS) is 13.3. The van der Waals surface area contributed by atoms with Crippen molar-refractivity contribution in [1.29, 1.82) is 0 Å². The van der Waals surface area contributed by atoms with Crippen LogP contribution >= 0.6 is 0 Å². The Hall–Kier alpha value is -4.30. The van der Waals surface area contributed by atoms with Crippen molar-refractivity contribution in [1.82, 2.24) is 9.80 Å². The summed E-state index contributed by atoms with van der Waals surface area (Å²) in [6, 6.07) is 0. The van der Waals surface area contributed by atoms with Crippen molar-refractivity contribution in [2.45, 2.75) is 510 Å². The van der Waals surface area contributed by atoms with Crippen LogP contribution in [0.4, 0.5) is 0 Å². The zero-order chi connectivity index (χ0) is 89.3. The van der Waals surface area contributed by atoms with E-state index < -0.39 is 0 Å². The Balaban J connectivity index is 4.70. The molecule has 0 bridgehead atoms. The van der Waals surface area contributed by atoms with Crippen LogP contribution in [0, 0.1) is 29.6 Å². The van der Waals surface area contributed by atoms with Crippen molar-refractivity contribution in [2.24, 2.45) is 29.6 Å². The monoisotopic (exact) mass is 1720 g/mol. The van der Waals surface area contributed by atoms with Crippen LogP contribution in [-0.2, 0) is 57.2 Å². The number of esters is 6. The van der Waals surface area contributed by atoms with Gasteiger partial charge in [0.25, 0.3) is 0 Å². The number of carbonyl (C=O) groups excluding carboxylic acids is 6. The van der Waals surface area contributed by atoms with Gasteiger partial charge in [0.05, 0.1) is 0 Å². The second kappa shape index (κ2) is 91.5. The van der Waals surface area contributed by atoms with Crippen LogP contribution in [0.1, 0.15) is 498 Å². The average Bonchev–Trinajstić information content (AvgIpc) is 0.970. The van der Waals surface area contributed by atoms with Crippen LogP contribution in [0.25, 0.3) is 0 Å². The Labute approximate surface area is 754 Å². The molecule has 0 rings (SSSR count). The van der Waals surface area contributed by atoms with Crippen LogP contribution < -0.4 is 0 Å². The van der Waals surface area contributed by atoms with E-state index >= 15 is 0 Å². The largest absolute Gasteiger partial charge is 0.462 e. The maximum atomic E-state index is 12.9. The molecule has 0 aliphatic rings. The molecule has 0 aliphatic heterocycles. The summed E-state index contributed by atoms with van der Waals surface area (Å²) >= 11 is 0. The van der Waals surface area contributed by atoms with Gasteiger partial charge in [-0.1, -0.05) is 380 Å². The molecule has 0 amide bonds. The molecule has 0 saturated carbocycles. The van der Waals surface area contributed by atoms with Gasteiger partial charge in [0.15, 0.2) is 0 Å².